The highest BCUT2D eigenvalue weighted by molar-refractivity contribution is 4.41. The van der Waals surface area contributed by atoms with Crippen molar-refractivity contribution in [1.29, 1.82) is 0 Å². The van der Waals surface area contributed by atoms with Gasteiger partial charge in [-0.2, -0.15) is 0 Å². The molecule has 0 spiro atoms. The Morgan fingerprint density at radius 3 is 0.833 bits per heavy atom. The highest BCUT2D eigenvalue weighted by Crippen LogP contribution is 2.09. The lowest BCUT2D eigenvalue weighted by Crippen LogP contribution is -2.41. The zero-order chi connectivity index (χ0) is 14.3. The number of hydrogen-bond acceptors (Lipinski definition) is 12. The Kier molecular flexibility index (Phi) is 5.26. The predicted molar refractivity (Wildman–Crippen MR) is 39.9 cm³/mol. The number of nitrogens with zero attached hydrogens (tertiary/aromatic N) is 4. The average molecular weight is 274 g/mol. The molecule has 0 aromatic carbocycles. The van der Waals surface area contributed by atoms with Crippen LogP contribution in [0.25, 0.3) is 0 Å². The van der Waals surface area contributed by atoms with Crippen molar-refractivity contribution in [2.75, 3.05) is 0 Å². The van der Waals surface area contributed by atoms with Crippen molar-refractivity contribution >= 4 is 0 Å². The molecule has 0 saturated carbocycles. The molecule has 16 nitrogen and oxygen atoms in total. The maximum atomic E-state index is 9.90. The van der Waals surface area contributed by atoms with Crippen LogP contribution in [0.3, 0.4) is 0 Å². The van der Waals surface area contributed by atoms with Gasteiger partial charge in [0.05, 0.1) is 0 Å². The van der Waals surface area contributed by atoms with Gasteiger partial charge in [-0.3, -0.25) is 19.4 Å². The molecule has 16 heteroatoms. The first kappa shape index (κ1) is 14.8. The summed E-state index contributed by atoms with van der Waals surface area (Å²) in [5, 5.41) is 33.0. The molecule has 0 aliphatic carbocycles. The van der Waals surface area contributed by atoms with Crippen molar-refractivity contribution in [3.63, 3.8) is 0 Å². The quantitative estimate of drug-likeness (QED) is 0.266. The van der Waals surface area contributed by atoms with Gasteiger partial charge in [-0.05, 0) is 0 Å². The summed E-state index contributed by atoms with van der Waals surface area (Å²) in [5.74, 6) is 0. The van der Waals surface area contributed by atoms with Crippen LogP contribution in [0.5, 0.6) is 0 Å². The summed E-state index contributed by atoms with van der Waals surface area (Å²) < 4.78 is 0. The van der Waals surface area contributed by atoms with Crippen LogP contribution in [-0.4, -0.2) is 32.9 Å². The topological polar surface area (TPSA) is 209 Å². The van der Waals surface area contributed by atoms with Gasteiger partial charge in [0.25, 0.3) is 20.3 Å². The first-order valence-corrected chi connectivity index (χ1v) is 3.47. The molecule has 0 bridgehead atoms. The summed E-state index contributed by atoms with van der Waals surface area (Å²) in [4.78, 5) is 53.3. The molecular formula is C2H2N4O12. The molecule has 0 amide bonds. The van der Waals surface area contributed by atoms with Crippen molar-refractivity contribution in [3.05, 3.63) is 40.5 Å². The monoisotopic (exact) mass is 274 g/mol. The molecule has 0 radical (unpaired) electrons. The minimum Gasteiger partial charge on any atom is -0.278 e. The van der Waals surface area contributed by atoms with Crippen molar-refractivity contribution in [3.8, 4) is 0 Å². The third kappa shape index (κ3) is 6.31. The molecule has 0 fully saturated rings. The lowest BCUT2D eigenvalue weighted by atomic mass is 10.6. The Bertz CT molecular complexity index is 286. The van der Waals surface area contributed by atoms with E-state index < -0.39 is 32.9 Å². The molecule has 0 aromatic rings. The predicted octanol–water partition coefficient (Wildman–Crippen LogP) is -1.53. The van der Waals surface area contributed by atoms with Gasteiger partial charge in [-0.1, -0.05) is 0 Å². The number of rotatable bonds is 9. The molecular weight excluding hydrogens is 272 g/mol. The van der Waals surface area contributed by atoms with E-state index in [1.54, 1.807) is 0 Å². The maximum absolute atomic E-state index is 9.90. The van der Waals surface area contributed by atoms with Gasteiger partial charge in [0.2, 0.25) is 0 Å². The Morgan fingerprint density at radius 1 is 0.556 bits per heavy atom. The zero-order valence-corrected chi connectivity index (χ0v) is 7.84. The Hall–Kier alpha value is -3.20. The van der Waals surface area contributed by atoms with Crippen LogP contribution in [-0.2, 0) is 19.4 Å². The van der Waals surface area contributed by atoms with Gasteiger partial charge in [-0.25, -0.2) is 0 Å². The third-order valence-corrected chi connectivity index (χ3v) is 0.982. The summed E-state index contributed by atoms with van der Waals surface area (Å²) in [6.45, 7) is 0. The SMILES string of the molecule is O=[N+]([O-])OC(O[N+](=O)[O-])C(O[N+](=O)[O-])O[N+](=O)[O-]. The lowest BCUT2D eigenvalue weighted by molar-refractivity contribution is -0.903. The molecule has 0 unspecified atom stereocenters. The Balaban J connectivity index is 4.90. The number of hydrogen-bond donors (Lipinski definition) is 0. The smallest absolute Gasteiger partial charge is 0.278 e. The van der Waals surface area contributed by atoms with E-state index in [2.05, 4.69) is 19.4 Å². The summed E-state index contributed by atoms with van der Waals surface area (Å²) in [6, 6.07) is 0. The summed E-state index contributed by atoms with van der Waals surface area (Å²) in [6.07, 6.45) is -5.57. The van der Waals surface area contributed by atoms with E-state index >= 15 is 0 Å². The first-order valence-electron chi connectivity index (χ1n) is 3.47. The van der Waals surface area contributed by atoms with E-state index in [0.717, 1.165) is 0 Å². The summed E-state index contributed by atoms with van der Waals surface area (Å²) >= 11 is 0. The molecule has 0 atom stereocenters. The van der Waals surface area contributed by atoms with Gasteiger partial charge in [-0.15, -0.1) is 40.5 Å². The molecule has 0 N–H and O–H groups in total. The van der Waals surface area contributed by atoms with Gasteiger partial charge >= 0.3 is 12.6 Å². The van der Waals surface area contributed by atoms with Crippen molar-refractivity contribution in [1.82, 2.24) is 0 Å². The maximum Gasteiger partial charge on any atom is 0.304 e. The first-order chi connectivity index (χ1) is 8.22. The van der Waals surface area contributed by atoms with E-state index in [9.17, 15) is 40.5 Å². The molecule has 0 aliphatic rings. The molecule has 0 aromatic heterocycles. The van der Waals surface area contributed by atoms with E-state index in [4.69, 9.17) is 0 Å². The third-order valence-electron chi connectivity index (χ3n) is 0.982. The fourth-order valence-electron chi connectivity index (χ4n) is 0.577. The fraction of sp³-hybridized carbons (Fsp3) is 1.00. The normalized spacial score (nSPS) is 9.67. The molecule has 102 valence electrons. The lowest BCUT2D eigenvalue weighted by Gasteiger charge is -2.19. The van der Waals surface area contributed by atoms with Crippen molar-refractivity contribution in [2.24, 2.45) is 0 Å². The molecule has 0 rings (SSSR count). The van der Waals surface area contributed by atoms with Crippen molar-refractivity contribution < 1.29 is 39.7 Å². The minimum atomic E-state index is -2.79. The molecule has 0 aliphatic heterocycles. The second-order valence-corrected chi connectivity index (χ2v) is 2.05. The minimum absolute atomic E-state index is 1.66. The van der Waals surface area contributed by atoms with E-state index in [1.807, 2.05) is 0 Å². The molecule has 18 heavy (non-hydrogen) atoms. The van der Waals surface area contributed by atoms with Gasteiger partial charge in [0.1, 0.15) is 0 Å². The standard InChI is InChI=1S/C2H2N4O12/c7-3(8)15-1(16-4(9)10)2(17-5(11)12)18-6(13)14/h1-2H. The van der Waals surface area contributed by atoms with Crippen LogP contribution in [0.4, 0.5) is 0 Å². The van der Waals surface area contributed by atoms with Crippen LogP contribution < -0.4 is 0 Å². The van der Waals surface area contributed by atoms with Crippen molar-refractivity contribution in [2.45, 2.75) is 12.6 Å². The zero-order valence-electron chi connectivity index (χ0n) is 7.84. The fourth-order valence-corrected chi connectivity index (χ4v) is 0.577. The summed E-state index contributed by atoms with van der Waals surface area (Å²) in [5.41, 5.74) is 0. The van der Waals surface area contributed by atoms with E-state index in [0.29, 0.717) is 0 Å². The van der Waals surface area contributed by atoms with E-state index in [-0.39, 0.29) is 0 Å². The van der Waals surface area contributed by atoms with Crippen LogP contribution in [0.15, 0.2) is 0 Å². The van der Waals surface area contributed by atoms with Crippen LogP contribution in [0.2, 0.25) is 0 Å². The largest absolute Gasteiger partial charge is 0.304 e. The molecule has 0 saturated heterocycles. The van der Waals surface area contributed by atoms with Crippen LogP contribution >= 0.6 is 0 Å². The second kappa shape index (κ2) is 6.40. The van der Waals surface area contributed by atoms with Crippen LogP contribution in [0, 0.1) is 40.5 Å². The Labute approximate surface area is 94.0 Å². The Morgan fingerprint density at radius 2 is 0.722 bits per heavy atom. The average Bonchev–Trinajstić information content (AvgIpc) is 2.12. The van der Waals surface area contributed by atoms with Gasteiger partial charge in [0.15, 0.2) is 0 Å². The van der Waals surface area contributed by atoms with Gasteiger partial charge < -0.3 is 0 Å². The highest BCUT2D eigenvalue weighted by atomic mass is 17.1. The van der Waals surface area contributed by atoms with Gasteiger partial charge in [0, 0.05) is 0 Å². The second-order valence-electron chi connectivity index (χ2n) is 2.05. The van der Waals surface area contributed by atoms with E-state index in [1.165, 1.54) is 0 Å². The van der Waals surface area contributed by atoms with Crippen LogP contribution in [0.1, 0.15) is 0 Å². The summed E-state index contributed by atoms with van der Waals surface area (Å²) in [7, 11) is 0. The molecule has 0 heterocycles. The highest BCUT2D eigenvalue weighted by Gasteiger charge is 2.35.